The number of nitrogens with one attached hydrogen (secondary N) is 2. The Balaban J connectivity index is 2.66. The zero-order valence-corrected chi connectivity index (χ0v) is 20.7. The second kappa shape index (κ2) is 15.5. The topological polar surface area (TPSA) is 122 Å². The number of amides is 1. The largest absolute Gasteiger partial charge is 0.393 e. The number of rotatable bonds is 17. The highest BCUT2D eigenvalue weighted by atomic mass is 16.3. The quantitative estimate of drug-likeness (QED) is 0.251. The van der Waals surface area contributed by atoms with E-state index in [2.05, 4.69) is 17.6 Å². The van der Waals surface area contributed by atoms with Crippen molar-refractivity contribution in [2.75, 3.05) is 19.6 Å². The van der Waals surface area contributed by atoms with Gasteiger partial charge in [-0.2, -0.15) is 0 Å². The number of carbonyl (C=O) groups excluding carboxylic acids is 3. The van der Waals surface area contributed by atoms with Gasteiger partial charge in [0.15, 0.2) is 5.78 Å². The molecule has 1 saturated heterocycles. The Morgan fingerprint density at radius 2 is 1.72 bits per heavy atom. The van der Waals surface area contributed by atoms with E-state index in [0.29, 0.717) is 18.9 Å². The van der Waals surface area contributed by atoms with Crippen LogP contribution in [0, 0.1) is 23.7 Å². The Labute approximate surface area is 194 Å². The molecular weight excluding hydrogens is 406 g/mol. The Hall–Kier alpha value is -1.31. The summed E-state index contributed by atoms with van der Waals surface area (Å²) in [5.41, 5.74) is 5.62. The minimum atomic E-state index is -0.974. The van der Waals surface area contributed by atoms with Crippen LogP contribution in [-0.2, 0) is 14.4 Å². The molecule has 0 aromatic carbocycles. The van der Waals surface area contributed by atoms with Gasteiger partial charge in [0.2, 0.25) is 5.91 Å². The maximum atomic E-state index is 13.1. The lowest BCUT2D eigenvalue weighted by Gasteiger charge is -2.25. The average molecular weight is 454 g/mol. The molecule has 1 aliphatic rings. The number of hydrogen-bond donors (Lipinski definition) is 4. The van der Waals surface area contributed by atoms with Crippen LogP contribution in [0.25, 0.3) is 0 Å². The summed E-state index contributed by atoms with van der Waals surface area (Å²) in [4.78, 5) is 38.4. The molecule has 7 nitrogen and oxygen atoms in total. The van der Waals surface area contributed by atoms with E-state index in [0.717, 1.165) is 19.4 Å². The van der Waals surface area contributed by atoms with Crippen molar-refractivity contribution in [3.63, 3.8) is 0 Å². The number of Topliss-reactive ketones (excluding diaryl/α,β-unsaturated/α-hetero) is 2. The molecule has 0 spiro atoms. The highest BCUT2D eigenvalue weighted by Gasteiger charge is 2.36. The van der Waals surface area contributed by atoms with Crippen LogP contribution in [0.15, 0.2) is 0 Å². The second-order valence-corrected chi connectivity index (χ2v) is 9.79. The minimum absolute atomic E-state index is 0.00589. The monoisotopic (exact) mass is 453 g/mol. The molecule has 0 aromatic rings. The van der Waals surface area contributed by atoms with E-state index in [9.17, 15) is 19.5 Å². The molecule has 1 rings (SSSR count). The third-order valence-corrected chi connectivity index (χ3v) is 6.71. The molecule has 0 bridgehead atoms. The smallest absolute Gasteiger partial charge is 0.226 e. The van der Waals surface area contributed by atoms with Crippen molar-refractivity contribution < 1.29 is 19.5 Å². The van der Waals surface area contributed by atoms with E-state index in [1.807, 2.05) is 0 Å². The average Bonchev–Trinajstić information content (AvgIpc) is 3.21. The van der Waals surface area contributed by atoms with Gasteiger partial charge >= 0.3 is 0 Å². The van der Waals surface area contributed by atoms with Crippen LogP contribution in [0.5, 0.6) is 0 Å². The number of carbonyl (C=O) groups is 3. The van der Waals surface area contributed by atoms with Crippen LogP contribution in [0.4, 0.5) is 0 Å². The summed E-state index contributed by atoms with van der Waals surface area (Å²) in [6.45, 7) is 9.04. The lowest BCUT2D eigenvalue weighted by Crippen LogP contribution is -2.48. The lowest BCUT2D eigenvalue weighted by molar-refractivity contribution is -0.137. The third-order valence-electron chi connectivity index (χ3n) is 6.71. The first kappa shape index (κ1) is 28.7. The summed E-state index contributed by atoms with van der Waals surface area (Å²) in [5, 5.41) is 16.3. The molecular formula is C25H47N3O4. The summed E-state index contributed by atoms with van der Waals surface area (Å²) in [5.74, 6) is -1.42. The molecule has 1 amide bonds. The number of aliphatic hydroxyl groups is 1. The van der Waals surface area contributed by atoms with Gasteiger partial charge in [0.1, 0.15) is 5.78 Å². The number of hydrogen-bond acceptors (Lipinski definition) is 6. The molecule has 5 atom stereocenters. The van der Waals surface area contributed by atoms with Gasteiger partial charge in [0.25, 0.3) is 0 Å². The highest BCUT2D eigenvalue weighted by molar-refractivity contribution is 5.93. The van der Waals surface area contributed by atoms with E-state index < -0.39 is 24.0 Å². The summed E-state index contributed by atoms with van der Waals surface area (Å²) < 4.78 is 0. The van der Waals surface area contributed by atoms with Gasteiger partial charge in [-0.25, -0.2) is 0 Å². The fourth-order valence-electron chi connectivity index (χ4n) is 4.58. The van der Waals surface area contributed by atoms with E-state index in [1.165, 1.54) is 39.0 Å². The first-order valence-electron chi connectivity index (χ1n) is 12.7. The van der Waals surface area contributed by atoms with Crippen LogP contribution < -0.4 is 16.4 Å². The summed E-state index contributed by atoms with van der Waals surface area (Å²) in [6, 6.07) is -0.683. The molecule has 0 aromatic heterocycles. The zero-order valence-electron chi connectivity index (χ0n) is 20.7. The van der Waals surface area contributed by atoms with Gasteiger partial charge in [-0.3, -0.25) is 14.4 Å². The molecule has 1 heterocycles. The Morgan fingerprint density at radius 1 is 1.06 bits per heavy atom. The van der Waals surface area contributed by atoms with Crippen molar-refractivity contribution in [1.82, 2.24) is 10.6 Å². The Bertz CT molecular complexity index is 580. The van der Waals surface area contributed by atoms with E-state index >= 15 is 0 Å². The van der Waals surface area contributed by atoms with Crippen LogP contribution in [0.1, 0.15) is 85.5 Å². The summed E-state index contributed by atoms with van der Waals surface area (Å²) in [7, 11) is 0. The molecule has 0 saturated carbocycles. The van der Waals surface area contributed by atoms with Crippen molar-refractivity contribution in [2.24, 2.45) is 29.4 Å². The fourth-order valence-corrected chi connectivity index (χ4v) is 4.58. The second-order valence-electron chi connectivity index (χ2n) is 9.79. The van der Waals surface area contributed by atoms with Gasteiger partial charge in [0, 0.05) is 24.8 Å². The maximum Gasteiger partial charge on any atom is 0.226 e. The molecule has 1 fully saturated rings. The van der Waals surface area contributed by atoms with Crippen molar-refractivity contribution in [1.29, 1.82) is 0 Å². The van der Waals surface area contributed by atoms with Gasteiger partial charge in [0.05, 0.1) is 18.1 Å². The maximum absolute atomic E-state index is 13.1. The lowest BCUT2D eigenvalue weighted by atomic mass is 9.83. The summed E-state index contributed by atoms with van der Waals surface area (Å²) >= 11 is 0. The predicted molar refractivity (Wildman–Crippen MR) is 128 cm³/mol. The predicted octanol–water partition coefficient (Wildman–Crippen LogP) is 2.59. The standard InChI is InChI=1S/C25H47N3O4/c1-5-6-7-8-9-10-11-19-15-27-16-21(19)23(30)14-20(18(4)29)25(32)28-22(12-13-26)24(31)17(2)3/h17-22,27,29H,5-16,26H2,1-4H3,(H,28,32)/t18?,19-,20+,21-,22+/m1/s1. The van der Waals surface area contributed by atoms with Crippen LogP contribution in [-0.4, -0.2) is 54.4 Å². The van der Waals surface area contributed by atoms with Crippen molar-refractivity contribution >= 4 is 17.5 Å². The van der Waals surface area contributed by atoms with E-state index in [-0.39, 0.29) is 36.4 Å². The molecule has 1 aliphatic heterocycles. The molecule has 7 heteroatoms. The van der Waals surface area contributed by atoms with Crippen LogP contribution in [0.3, 0.4) is 0 Å². The first-order chi connectivity index (χ1) is 15.2. The fraction of sp³-hybridized carbons (Fsp3) is 0.880. The molecule has 5 N–H and O–H groups in total. The van der Waals surface area contributed by atoms with Crippen molar-refractivity contribution in [2.45, 2.75) is 97.6 Å². The number of aliphatic hydroxyl groups excluding tert-OH is 1. The van der Waals surface area contributed by atoms with Gasteiger partial charge in [-0.1, -0.05) is 59.3 Å². The molecule has 1 unspecified atom stereocenters. The Morgan fingerprint density at radius 3 is 2.31 bits per heavy atom. The molecule has 0 radical (unpaired) electrons. The van der Waals surface area contributed by atoms with Crippen molar-refractivity contribution in [3.05, 3.63) is 0 Å². The number of nitrogens with two attached hydrogens (primary N) is 1. The van der Waals surface area contributed by atoms with E-state index in [1.54, 1.807) is 13.8 Å². The third kappa shape index (κ3) is 9.67. The summed E-state index contributed by atoms with van der Waals surface area (Å²) in [6.07, 6.45) is 7.74. The molecule has 0 aliphatic carbocycles. The Kier molecular flexibility index (Phi) is 13.9. The SMILES string of the molecule is CCCCCCCC[C@@H]1CNC[C@H]1C(=O)C[C@H](C(=O)N[C@@H](CCN)C(=O)C(C)C)C(C)O. The van der Waals surface area contributed by atoms with E-state index in [4.69, 9.17) is 5.73 Å². The van der Waals surface area contributed by atoms with Crippen LogP contribution >= 0.6 is 0 Å². The minimum Gasteiger partial charge on any atom is -0.393 e. The first-order valence-corrected chi connectivity index (χ1v) is 12.7. The molecule has 186 valence electrons. The normalized spacial score (nSPS) is 21.3. The highest BCUT2D eigenvalue weighted by Crippen LogP contribution is 2.27. The van der Waals surface area contributed by atoms with Crippen LogP contribution in [0.2, 0.25) is 0 Å². The zero-order chi connectivity index (χ0) is 24.1. The number of unbranched alkanes of at least 4 members (excludes halogenated alkanes) is 5. The molecule has 32 heavy (non-hydrogen) atoms. The van der Waals surface area contributed by atoms with Gasteiger partial charge in [-0.15, -0.1) is 0 Å². The number of ketones is 2. The van der Waals surface area contributed by atoms with Gasteiger partial charge < -0.3 is 21.5 Å². The van der Waals surface area contributed by atoms with Gasteiger partial charge in [-0.05, 0) is 38.8 Å². The van der Waals surface area contributed by atoms with Crippen molar-refractivity contribution in [3.8, 4) is 0 Å².